The Morgan fingerprint density at radius 3 is 2.57 bits per heavy atom. The smallest absolute Gasteiger partial charge is 0.270 e. The van der Waals surface area contributed by atoms with Crippen LogP contribution < -0.4 is 0 Å². The minimum Gasteiger partial charge on any atom is -0.385 e. The molecule has 0 unspecified atom stereocenters. The molecule has 0 heterocycles. The van der Waals surface area contributed by atoms with Crippen molar-refractivity contribution in [3.05, 3.63) is 38.3 Å². The summed E-state index contributed by atoms with van der Waals surface area (Å²) in [5, 5.41) is 20.3. The molecule has 0 atom stereocenters. The minimum absolute atomic E-state index is 0.0323. The molecule has 4 nitrogen and oxygen atoms in total. The van der Waals surface area contributed by atoms with Crippen molar-refractivity contribution in [2.24, 2.45) is 0 Å². The van der Waals surface area contributed by atoms with Gasteiger partial charge < -0.3 is 5.11 Å². The summed E-state index contributed by atoms with van der Waals surface area (Å²) in [5.41, 5.74) is 0.0153. The predicted molar refractivity (Wildman–Crippen MR) is 53.9 cm³/mol. The number of halogens is 1. The average Bonchev–Trinajstić information content (AvgIpc) is 2.84. The van der Waals surface area contributed by atoms with Crippen molar-refractivity contribution in [3.8, 4) is 0 Å². The van der Waals surface area contributed by atoms with E-state index in [1.54, 1.807) is 6.07 Å². The summed E-state index contributed by atoms with van der Waals surface area (Å²) in [6, 6.07) is 4.44. The molecule has 1 saturated carbocycles. The summed E-state index contributed by atoms with van der Waals surface area (Å²) >= 11 is 3.23. The van der Waals surface area contributed by atoms with E-state index < -0.39 is 10.5 Å². The molecule has 1 N–H and O–H groups in total. The second-order valence-corrected chi connectivity index (χ2v) is 4.31. The molecular weight excluding hydrogens is 250 g/mol. The van der Waals surface area contributed by atoms with E-state index in [9.17, 15) is 15.2 Å². The molecule has 5 heteroatoms. The second kappa shape index (κ2) is 3.03. The van der Waals surface area contributed by atoms with Crippen LogP contribution in [-0.4, -0.2) is 10.0 Å². The zero-order valence-electron chi connectivity index (χ0n) is 7.24. The largest absolute Gasteiger partial charge is 0.385 e. The first-order valence-electron chi connectivity index (χ1n) is 4.20. The molecule has 0 radical (unpaired) electrons. The van der Waals surface area contributed by atoms with Gasteiger partial charge in [-0.05, 0) is 24.5 Å². The van der Waals surface area contributed by atoms with Crippen LogP contribution in [0.15, 0.2) is 22.7 Å². The Hall–Kier alpha value is -0.940. The second-order valence-electron chi connectivity index (χ2n) is 3.45. The first-order chi connectivity index (χ1) is 6.53. The molecular formula is C9H8BrNO3. The topological polar surface area (TPSA) is 63.4 Å². The maximum Gasteiger partial charge on any atom is 0.270 e. The highest BCUT2D eigenvalue weighted by Gasteiger charge is 2.43. The number of benzene rings is 1. The molecule has 0 aliphatic heterocycles. The summed E-state index contributed by atoms with van der Waals surface area (Å²) in [6.45, 7) is 0. The molecule has 14 heavy (non-hydrogen) atoms. The first-order valence-corrected chi connectivity index (χ1v) is 4.99. The molecule has 1 aromatic rings. The van der Waals surface area contributed by atoms with Gasteiger partial charge in [-0.1, -0.05) is 15.9 Å². The summed E-state index contributed by atoms with van der Waals surface area (Å²) < 4.78 is 0.603. The molecule has 0 spiro atoms. The van der Waals surface area contributed by atoms with Gasteiger partial charge in [0.15, 0.2) is 0 Å². The van der Waals surface area contributed by atoms with E-state index in [1.165, 1.54) is 12.1 Å². The van der Waals surface area contributed by atoms with E-state index in [0.29, 0.717) is 4.47 Å². The average molecular weight is 258 g/mol. The number of nitrogens with zero attached hydrogens (tertiary/aromatic N) is 1. The highest BCUT2D eigenvalue weighted by atomic mass is 79.9. The van der Waals surface area contributed by atoms with Crippen LogP contribution in [0.1, 0.15) is 18.4 Å². The van der Waals surface area contributed by atoms with Crippen LogP contribution in [0.25, 0.3) is 0 Å². The summed E-state index contributed by atoms with van der Waals surface area (Å²) in [7, 11) is 0. The Labute approximate surface area is 88.8 Å². The van der Waals surface area contributed by atoms with Crippen molar-refractivity contribution < 1.29 is 10.0 Å². The van der Waals surface area contributed by atoms with Gasteiger partial charge in [0.25, 0.3) is 5.69 Å². The molecule has 1 fully saturated rings. The van der Waals surface area contributed by atoms with Crippen molar-refractivity contribution in [3.63, 3.8) is 0 Å². The van der Waals surface area contributed by atoms with Crippen LogP contribution in [0.3, 0.4) is 0 Å². The Morgan fingerprint density at radius 2 is 2.14 bits per heavy atom. The maximum atomic E-state index is 10.5. The standard InChI is InChI=1S/C9H8BrNO3/c10-8-5-6(11(13)14)1-2-7(8)9(12)3-4-9/h1-2,5,12H,3-4H2. The Kier molecular flexibility index (Phi) is 2.08. The normalized spacial score (nSPS) is 17.9. The van der Waals surface area contributed by atoms with Crippen LogP contribution in [0.5, 0.6) is 0 Å². The van der Waals surface area contributed by atoms with E-state index in [0.717, 1.165) is 18.4 Å². The first kappa shape index (κ1) is 9.61. The molecule has 1 aromatic carbocycles. The molecule has 2 rings (SSSR count). The SMILES string of the molecule is O=[N+]([O-])c1ccc(C2(O)CC2)c(Br)c1. The van der Waals surface area contributed by atoms with Gasteiger partial charge in [-0.2, -0.15) is 0 Å². The van der Waals surface area contributed by atoms with Gasteiger partial charge in [-0.25, -0.2) is 0 Å². The van der Waals surface area contributed by atoms with Crippen molar-refractivity contribution >= 4 is 21.6 Å². The minimum atomic E-state index is -0.756. The van der Waals surface area contributed by atoms with Gasteiger partial charge in [0, 0.05) is 16.6 Å². The molecule has 0 aromatic heterocycles. The van der Waals surface area contributed by atoms with Crippen LogP contribution in [-0.2, 0) is 5.60 Å². The monoisotopic (exact) mass is 257 g/mol. The summed E-state index contributed by atoms with van der Waals surface area (Å²) in [4.78, 5) is 10.00. The van der Waals surface area contributed by atoms with Gasteiger partial charge >= 0.3 is 0 Å². The molecule has 1 aliphatic carbocycles. The fourth-order valence-electron chi connectivity index (χ4n) is 1.38. The van der Waals surface area contributed by atoms with Crippen molar-refractivity contribution in [1.29, 1.82) is 0 Å². The quantitative estimate of drug-likeness (QED) is 0.654. The highest BCUT2D eigenvalue weighted by molar-refractivity contribution is 9.10. The summed E-state index contributed by atoms with van der Waals surface area (Å²) in [5.74, 6) is 0. The molecule has 1 aliphatic rings. The Bertz CT molecular complexity index is 401. The van der Waals surface area contributed by atoms with Crippen molar-refractivity contribution in [1.82, 2.24) is 0 Å². The van der Waals surface area contributed by atoms with Crippen LogP contribution >= 0.6 is 15.9 Å². The number of hydrogen-bond donors (Lipinski definition) is 1. The van der Waals surface area contributed by atoms with Crippen molar-refractivity contribution in [2.75, 3.05) is 0 Å². The molecule has 0 bridgehead atoms. The van der Waals surface area contributed by atoms with Crippen LogP contribution in [0.4, 0.5) is 5.69 Å². The fourth-order valence-corrected chi connectivity index (χ4v) is 2.12. The van der Waals surface area contributed by atoms with Gasteiger partial charge in [0.2, 0.25) is 0 Å². The van der Waals surface area contributed by atoms with E-state index in [1.807, 2.05) is 0 Å². The van der Waals surface area contributed by atoms with Gasteiger partial charge in [-0.15, -0.1) is 0 Å². The number of rotatable bonds is 2. The lowest BCUT2D eigenvalue weighted by atomic mass is 10.1. The predicted octanol–water partition coefficient (Wildman–Crippen LogP) is 2.34. The molecule has 0 saturated heterocycles. The highest BCUT2D eigenvalue weighted by Crippen LogP contribution is 2.48. The van der Waals surface area contributed by atoms with E-state index >= 15 is 0 Å². The van der Waals surface area contributed by atoms with E-state index in [-0.39, 0.29) is 5.69 Å². The maximum absolute atomic E-state index is 10.5. The Morgan fingerprint density at radius 1 is 1.50 bits per heavy atom. The number of nitro benzene ring substituents is 1. The van der Waals surface area contributed by atoms with E-state index in [4.69, 9.17) is 0 Å². The van der Waals surface area contributed by atoms with Gasteiger partial charge in [-0.3, -0.25) is 10.1 Å². The van der Waals surface area contributed by atoms with E-state index in [2.05, 4.69) is 15.9 Å². The lowest BCUT2D eigenvalue weighted by Gasteiger charge is -2.09. The fraction of sp³-hybridized carbons (Fsp3) is 0.333. The zero-order valence-corrected chi connectivity index (χ0v) is 8.82. The third-order valence-electron chi connectivity index (χ3n) is 2.39. The molecule has 74 valence electrons. The van der Waals surface area contributed by atoms with Crippen molar-refractivity contribution in [2.45, 2.75) is 18.4 Å². The summed E-state index contributed by atoms with van der Waals surface area (Å²) in [6.07, 6.45) is 1.45. The molecule has 0 amide bonds. The number of hydrogen-bond acceptors (Lipinski definition) is 3. The lowest BCUT2D eigenvalue weighted by Crippen LogP contribution is -2.05. The van der Waals surface area contributed by atoms with Gasteiger partial charge in [0.05, 0.1) is 10.5 Å². The zero-order chi connectivity index (χ0) is 10.3. The van der Waals surface area contributed by atoms with Crippen LogP contribution in [0.2, 0.25) is 0 Å². The van der Waals surface area contributed by atoms with Crippen LogP contribution in [0, 0.1) is 10.1 Å². The third kappa shape index (κ3) is 1.53. The number of nitro groups is 1. The number of non-ortho nitro benzene ring substituents is 1. The van der Waals surface area contributed by atoms with Gasteiger partial charge in [0.1, 0.15) is 0 Å². The lowest BCUT2D eigenvalue weighted by molar-refractivity contribution is -0.385. The Balaban J connectivity index is 2.41. The third-order valence-corrected chi connectivity index (χ3v) is 3.04. The number of aliphatic hydroxyl groups is 1.